The highest BCUT2D eigenvalue weighted by Crippen LogP contribution is 2.08. The molecule has 0 aromatic carbocycles. The minimum absolute atomic E-state index is 0.0314. The first-order valence-corrected chi connectivity index (χ1v) is 9.84. The van der Waals surface area contributed by atoms with Gasteiger partial charge in [-0.25, -0.2) is 4.79 Å². The largest absolute Gasteiger partial charge is 0.395 e. The Bertz CT molecular complexity index is 338. The lowest BCUT2D eigenvalue weighted by molar-refractivity contribution is -0.132. The van der Waals surface area contributed by atoms with Crippen molar-refractivity contribution in [2.45, 2.75) is 44.9 Å². The summed E-state index contributed by atoms with van der Waals surface area (Å²) in [4.78, 5) is 26.6. The van der Waals surface area contributed by atoms with Crippen molar-refractivity contribution < 1.29 is 30.0 Å². The number of nitrogens with zero attached hydrogens (tertiary/aromatic N) is 2. The van der Waals surface area contributed by atoms with Gasteiger partial charge in [0.05, 0.1) is 26.4 Å². The molecule has 0 atom stereocenters. The minimum Gasteiger partial charge on any atom is -0.395 e. The minimum atomic E-state index is -0.271. The monoisotopic (exact) mass is 391 g/mol. The highest BCUT2D eigenvalue weighted by atomic mass is 16.3. The van der Waals surface area contributed by atoms with Gasteiger partial charge in [-0.05, 0) is 12.8 Å². The predicted octanol–water partition coefficient (Wildman–Crippen LogP) is -0.473. The smallest absolute Gasteiger partial charge is 0.317 e. The molecule has 0 saturated heterocycles. The average Bonchev–Trinajstić information content (AvgIpc) is 2.66. The SMILES string of the molecule is O=C(CCCCCCCCNC(=O)N(CCO)CCO)N(CCO)CCO. The number of carbonyl (C=O) groups excluding carboxylic acids is 2. The van der Waals surface area contributed by atoms with Gasteiger partial charge in [-0.1, -0.05) is 25.7 Å². The summed E-state index contributed by atoms with van der Waals surface area (Å²) in [5.41, 5.74) is 0. The van der Waals surface area contributed by atoms with E-state index in [9.17, 15) is 9.59 Å². The van der Waals surface area contributed by atoms with E-state index in [-0.39, 0.29) is 64.5 Å². The van der Waals surface area contributed by atoms with Crippen LogP contribution in [-0.2, 0) is 4.79 Å². The fourth-order valence-electron chi connectivity index (χ4n) is 2.73. The third-order valence-corrected chi connectivity index (χ3v) is 4.21. The lowest BCUT2D eigenvalue weighted by Gasteiger charge is -2.21. The van der Waals surface area contributed by atoms with Crippen LogP contribution in [0.25, 0.3) is 0 Å². The topological polar surface area (TPSA) is 134 Å². The van der Waals surface area contributed by atoms with Gasteiger partial charge in [0.1, 0.15) is 0 Å². The number of hydrogen-bond donors (Lipinski definition) is 5. The molecule has 0 spiro atoms. The molecule has 27 heavy (non-hydrogen) atoms. The predicted molar refractivity (Wildman–Crippen MR) is 102 cm³/mol. The van der Waals surface area contributed by atoms with Gasteiger partial charge in [0.2, 0.25) is 5.91 Å². The molecule has 0 fully saturated rings. The molecule has 3 amide bonds. The Balaban J connectivity index is 3.66. The number of urea groups is 1. The molecule has 5 N–H and O–H groups in total. The van der Waals surface area contributed by atoms with Gasteiger partial charge in [0, 0.05) is 39.1 Å². The molecule has 0 radical (unpaired) electrons. The van der Waals surface area contributed by atoms with Crippen molar-refractivity contribution in [3.8, 4) is 0 Å². The fraction of sp³-hybridized carbons (Fsp3) is 0.889. The summed E-state index contributed by atoms with van der Waals surface area (Å²) in [5, 5.41) is 38.4. The van der Waals surface area contributed by atoms with Gasteiger partial charge in [0.25, 0.3) is 0 Å². The summed E-state index contributed by atoms with van der Waals surface area (Å²) >= 11 is 0. The lowest BCUT2D eigenvalue weighted by atomic mass is 10.1. The van der Waals surface area contributed by atoms with Crippen LogP contribution in [0.5, 0.6) is 0 Å². The van der Waals surface area contributed by atoms with E-state index in [1.54, 1.807) is 0 Å². The van der Waals surface area contributed by atoms with Crippen molar-refractivity contribution >= 4 is 11.9 Å². The fourth-order valence-corrected chi connectivity index (χ4v) is 2.73. The van der Waals surface area contributed by atoms with E-state index >= 15 is 0 Å². The summed E-state index contributed by atoms with van der Waals surface area (Å²) in [6, 6.07) is -0.271. The molecule has 9 nitrogen and oxygen atoms in total. The molecular formula is C18H37N3O6. The molecule has 0 aliphatic rings. The maximum atomic E-state index is 11.9. The lowest BCUT2D eigenvalue weighted by Crippen LogP contribution is -2.43. The van der Waals surface area contributed by atoms with Crippen LogP contribution in [0, 0.1) is 0 Å². The number of amides is 3. The highest BCUT2D eigenvalue weighted by Gasteiger charge is 2.12. The van der Waals surface area contributed by atoms with Crippen molar-refractivity contribution in [3.63, 3.8) is 0 Å². The van der Waals surface area contributed by atoms with Gasteiger partial charge < -0.3 is 35.5 Å². The third kappa shape index (κ3) is 13.4. The molecule has 0 unspecified atom stereocenters. The van der Waals surface area contributed by atoms with Gasteiger partial charge in [0.15, 0.2) is 0 Å². The normalized spacial score (nSPS) is 10.7. The van der Waals surface area contributed by atoms with Crippen molar-refractivity contribution in [1.82, 2.24) is 15.1 Å². The highest BCUT2D eigenvalue weighted by molar-refractivity contribution is 5.76. The van der Waals surface area contributed by atoms with Crippen LogP contribution >= 0.6 is 0 Å². The number of aliphatic hydroxyl groups excluding tert-OH is 4. The van der Waals surface area contributed by atoms with Gasteiger partial charge in [-0.2, -0.15) is 0 Å². The Morgan fingerprint density at radius 2 is 1.07 bits per heavy atom. The molecule has 0 bridgehead atoms. The van der Waals surface area contributed by atoms with Crippen molar-refractivity contribution in [2.24, 2.45) is 0 Å². The average molecular weight is 392 g/mol. The number of rotatable bonds is 17. The molecule has 0 rings (SSSR count). The van der Waals surface area contributed by atoms with Gasteiger partial charge in [-0.3, -0.25) is 4.79 Å². The quantitative estimate of drug-likeness (QED) is 0.213. The summed E-state index contributed by atoms with van der Waals surface area (Å²) in [6.45, 7) is 1.04. The number of carbonyl (C=O) groups is 2. The van der Waals surface area contributed by atoms with Gasteiger partial charge in [-0.15, -0.1) is 0 Å². The Morgan fingerprint density at radius 1 is 0.630 bits per heavy atom. The van der Waals surface area contributed by atoms with E-state index in [4.69, 9.17) is 20.4 Å². The number of hydrogen-bond acceptors (Lipinski definition) is 6. The maximum Gasteiger partial charge on any atom is 0.317 e. The van der Waals surface area contributed by atoms with E-state index in [0.717, 1.165) is 38.5 Å². The molecule has 0 saturated carbocycles. The first kappa shape index (κ1) is 25.6. The molecule has 0 heterocycles. The van der Waals surface area contributed by atoms with E-state index in [1.165, 1.54) is 9.80 Å². The zero-order valence-corrected chi connectivity index (χ0v) is 16.3. The zero-order chi connectivity index (χ0) is 20.3. The third-order valence-electron chi connectivity index (χ3n) is 4.21. The van der Waals surface area contributed by atoms with E-state index < -0.39 is 0 Å². The Morgan fingerprint density at radius 3 is 1.59 bits per heavy atom. The number of nitrogens with one attached hydrogen (secondary N) is 1. The van der Waals surface area contributed by atoms with E-state index in [0.29, 0.717) is 13.0 Å². The molecule has 0 aromatic rings. The zero-order valence-electron chi connectivity index (χ0n) is 16.3. The number of unbranched alkanes of at least 4 members (excludes halogenated alkanes) is 5. The second-order valence-electron chi connectivity index (χ2n) is 6.37. The van der Waals surface area contributed by atoms with Crippen LogP contribution in [0.4, 0.5) is 4.79 Å². The van der Waals surface area contributed by atoms with Crippen molar-refractivity contribution in [3.05, 3.63) is 0 Å². The van der Waals surface area contributed by atoms with Crippen LogP contribution in [0.2, 0.25) is 0 Å². The standard InChI is InChI=1S/C18H37N3O6/c22-13-9-20(10-14-23)17(26)7-5-3-1-2-4-6-8-19-18(27)21(11-15-24)12-16-25/h22-25H,1-16H2,(H,19,27). The molecule has 160 valence electrons. The Hall–Kier alpha value is -1.42. The van der Waals surface area contributed by atoms with E-state index in [1.807, 2.05) is 0 Å². The second kappa shape index (κ2) is 18.0. The van der Waals surface area contributed by atoms with Crippen molar-refractivity contribution in [2.75, 3.05) is 59.2 Å². The van der Waals surface area contributed by atoms with Crippen LogP contribution in [0.1, 0.15) is 44.9 Å². The molecule has 0 aromatic heterocycles. The summed E-state index contributed by atoms with van der Waals surface area (Å²) in [6.07, 6.45) is 6.06. The first-order chi connectivity index (χ1) is 13.1. The first-order valence-electron chi connectivity index (χ1n) is 9.84. The van der Waals surface area contributed by atoms with E-state index in [2.05, 4.69) is 5.32 Å². The molecular weight excluding hydrogens is 354 g/mol. The Labute approximate surface area is 162 Å². The van der Waals surface area contributed by atoms with Crippen LogP contribution in [0.3, 0.4) is 0 Å². The van der Waals surface area contributed by atoms with Crippen LogP contribution in [0.15, 0.2) is 0 Å². The summed E-state index contributed by atoms with van der Waals surface area (Å²) < 4.78 is 0. The second-order valence-corrected chi connectivity index (χ2v) is 6.37. The molecule has 9 heteroatoms. The summed E-state index contributed by atoms with van der Waals surface area (Å²) in [7, 11) is 0. The summed E-state index contributed by atoms with van der Waals surface area (Å²) in [5.74, 6) is -0.0314. The Kier molecular flexibility index (Phi) is 17.0. The number of aliphatic hydroxyl groups is 4. The maximum absolute atomic E-state index is 11.9. The van der Waals surface area contributed by atoms with Gasteiger partial charge >= 0.3 is 6.03 Å². The van der Waals surface area contributed by atoms with Crippen LogP contribution in [-0.4, -0.2) is 101 Å². The molecule has 0 aliphatic heterocycles. The van der Waals surface area contributed by atoms with Crippen LogP contribution < -0.4 is 5.32 Å². The van der Waals surface area contributed by atoms with Crippen molar-refractivity contribution in [1.29, 1.82) is 0 Å². The molecule has 0 aliphatic carbocycles.